The summed E-state index contributed by atoms with van der Waals surface area (Å²) in [4.78, 5) is 0. The fourth-order valence-electron chi connectivity index (χ4n) is 1.23. The van der Waals surface area contributed by atoms with E-state index in [0.29, 0.717) is 12.3 Å². The van der Waals surface area contributed by atoms with Crippen molar-refractivity contribution < 1.29 is 10.2 Å². The number of hydrogen-bond donors (Lipinski definition) is 2. The van der Waals surface area contributed by atoms with Crippen LogP contribution in [0.3, 0.4) is 0 Å². The Morgan fingerprint density at radius 3 is 1.67 bits per heavy atom. The molecule has 0 aliphatic rings. The molecule has 15 heavy (non-hydrogen) atoms. The summed E-state index contributed by atoms with van der Waals surface area (Å²) in [7, 11) is 0. The molecule has 2 nitrogen and oxygen atoms in total. The van der Waals surface area contributed by atoms with Crippen molar-refractivity contribution >= 4 is 0 Å². The van der Waals surface area contributed by atoms with Gasteiger partial charge in [0.05, 0.1) is 12.7 Å². The van der Waals surface area contributed by atoms with Gasteiger partial charge in [-0.05, 0) is 18.3 Å². The molecule has 0 spiro atoms. The minimum Gasteiger partial charge on any atom is -0.394 e. The summed E-state index contributed by atoms with van der Waals surface area (Å²) in [6.07, 6.45) is 4.32. The van der Waals surface area contributed by atoms with Crippen molar-refractivity contribution in [3.63, 3.8) is 0 Å². The molecular weight excluding hydrogens is 188 g/mol. The highest BCUT2D eigenvalue weighted by Crippen LogP contribution is 2.04. The quantitative estimate of drug-likeness (QED) is 0.718. The summed E-state index contributed by atoms with van der Waals surface area (Å²) in [5, 5.41) is 17.1. The number of rotatable bonds is 6. The fraction of sp³-hybridized carbons (Fsp3) is 1.00. The zero-order valence-electron chi connectivity index (χ0n) is 11.2. The Morgan fingerprint density at radius 2 is 1.53 bits per heavy atom. The van der Waals surface area contributed by atoms with E-state index in [1.165, 1.54) is 19.3 Å². The van der Waals surface area contributed by atoms with Gasteiger partial charge < -0.3 is 10.2 Å². The highest BCUT2D eigenvalue weighted by Gasteiger charge is 2.02. The molecule has 2 heteroatoms. The van der Waals surface area contributed by atoms with E-state index in [2.05, 4.69) is 20.8 Å². The third kappa shape index (κ3) is 20.1. The van der Waals surface area contributed by atoms with E-state index in [1.807, 2.05) is 13.8 Å². The molecule has 0 saturated heterocycles. The van der Waals surface area contributed by atoms with Gasteiger partial charge in [-0.15, -0.1) is 0 Å². The van der Waals surface area contributed by atoms with Crippen LogP contribution in [0.25, 0.3) is 0 Å². The van der Waals surface area contributed by atoms with Crippen molar-refractivity contribution in [2.24, 2.45) is 11.8 Å². The molecule has 2 N–H and O–H groups in total. The Bertz CT molecular complexity index is 111. The number of aliphatic hydroxyl groups is 2. The smallest absolute Gasteiger partial charge is 0.0773 e. The lowest BCUT2D eigenvalue weighted by Gasteiger charge is -2.08. The van der Waals surface area contributed by atoms with Gasteiger partial charge in [0.1, 0.15) is 0 Å². The van der Waals surface area contributed by atoms with Crippen LogP contribution in [0.5, 0.6) is 0 Å². The maximum atomic E-state index is 8.78. The molecule has 0 aromatic heterocycles. The van der Waals surface area contributed by atoms with Gasteiger partial charge in [-0.2, -0.15) is 0 Å². The van der Waals surface area contributed by atoms with Crippen molar-refractivity contribution in [1.29, 1.82) is 0 Å². The molecule has 1 atom stereocenters. The Hall–Kier alpha value is -0.0800. The van der Waals surface area contributed by atoms with Gasteiger partial charge in [0.2, 0.25) is 0 Å². The maximum Gasteiger partial charge on any atom is 0.0773 e. The minimum atomic E-state index is -0.519. The molecule has 0 saturated carbocycles. The summed E-state index contributed by atoms with van der Waals surface area (Å²) < 4.78 is 0. The SMILES string of the molecule is CC(C)CC(O)CO.CCCCC(C)C. The van der Waals surface area contributed by atoms with Crippen LogP contribution in [-0.2, 0) is 0 Å². The lowest BCUT2D eigenvalue weighted by atomic mass is 10.1. The molecule has 0 aliphatic heterocycles. The van der Waals surface area contributed by atoms with Crippen LogP contribution in [-0.4, -0.2) is 22.9 Å². The van der Waals surface area contributed by atoms with E-state index in [-0.39, 0.29) is 6.61 Å². The van der Waals surface area contributed by atoms with Gasteiger partial charge in [0.25, 0.3) is 0 Å². The average molecular weight is 218 g/mol. The third-order valence-electron chi connectivity index (χ3n) is 2.09. The summed E-state index contributed by atoms with van der Waals surface area (Å²) in [6, 6.07) is 0. The molecule has 0 radical (unpaired) electrons. The van der Waals surface area contributed by atoms with E-state index >= 15 is 0 Å². The normalized spacial score (nSPS) is 12.6. The van der Waals surface area contributed by atoms with E-state index < -0.39 is 6.10 Å². The number of aliphatic hydroxyl groups excluding tert-OH is 2. The first kappa shape index (κ1) is 17.3. The molecular formula is C13H30O2. The van der Waals surface area contributed by atoms with Crippen molar-refractivity contribution in [2.75, 3.05) is 6.61 Å². The predicted octanol–water partition coefficient (Wildman–Crippen LogP) is 3.22. The molecule has 0 aromatic carbocycles. The van der Waals surface area contributed by atoms with Crippen LogP contribution >= 0.6 is 0 Å². The Kier molecular flexibility index (Phi) is 13.8. The van der Waals surface area contributed by atoms with Gasteiger partial charge in [0.15, 0.2) is 0 Å². The number of unbranched alkanes of at least 4 members (excludes halogenated alkanes) is 1. The van der Waals surface area contributed by atoms with Crippen LogP contribution in [0.1, 0.15) is 60.3 Å². The van der Waals surface area contributed by atoms with Gasteiger partial charge in [-0.1, -0.05) is 53.9 Å². The van der Waals surface area contributed by atoms with Crippen LogP contribution in [0.15, 0.2) is 0 Å². The van der Waals surface area contributed by atoms with Crippen molar-refractivity contribution in [3.8, 4) is 0 Å². The van der Waals surface area contributed by atoms with Gasteiger partial charge in [0, 0.05) is 0 Å². The lowest BCUT2D eigenvalue weighted by molar-refractivity contribution is 0.0782. The van der Waals surface area contributed by atoms with E-state index in [9.17, 15) is 0 Å². The highest BCUT2D eigenvalue weighted by molar-refractivity contribution is 4.54. The van der Waals surface area contributed by atoms with E-state index in [0.717, 1.165) is 5.92 Å². The van der Waals surface area contributed by atoms with Gasteiger partial charge >= 0.3 is 0 Å². The second kappa shape index (κ2) is 12.0. The third-order valence-corrected chi connectivity index (χ3v) is 2.09. The largest absolute Gasteiger partial charge is 0.394 e. The Balaban J connectivity index is 0. The molecule has 0 bridgehead atoms. The molecule has 0 amide bonds. The molecule has 1 unspecified atom stereocenters. The van der Waals surface area contributed by atoms with Crippen LogP contribution in [0.4, 0.5) is 0 Å². The van der Waals surface area contributed by atoms with E-state index in [4.69, 9.17) is 10.2 Å². The molecule has 94 valence electrons. The van der Waals surface area contributed by atoms with Crippen LogP contribution in [0.2, 0.25) is 0 Å². The summed E-state index contributed by atoms with van der Waals surface area (Å²) in [5.74, 6) is 1.37. The zero-order valence-corrected chi connectivity index (χ0v) is 11.2. The molecule has 0 rings (SSSR count). The van der Waals surface area contributed by atoms with Crippen LogP contribution < -0.4 is 0 Å². The lowest BCUT2D eigenvalue weighted by Crippen LogP contribution is -2.14. The summed E-state index contributed by atoms with van der Waals surface area (Å²) in [6.45, 7) is 10.7. The highest BCUT2D eigenvalue weighted by atomic mass is 16.3. The first-order valence-electron chi connectivity index (χ1n) is 6.22. The van der Waals surface area contributed by atoms with E-state index in [1.54, 1.807) is 0 Å². The maximum absolute atomic E-state index is 8.78. The van der Waals surface area contributed by atoms with Gasteiger partial charge in [-0.3, -0.25) is 0 Å². The molecule has 0 fully saturated rings. The van der Waals surface area contributed by atoms with Crippen molar-refractivity contribution in [3.05, 3.63) is 0 Å². The predicted molar refractivity (Wildman–Crippen MR) is 66.9 cm³/mol. The topological polar surface area (TPSA) is 40.5 Å². The zero-order chi connectivity index (χ0) is 12.3. The van der Waals surface area contributed by atoms with Crippen LogP contribution in [0, 0.1) is 11.8 Å². The molecule has 0 aromatic rings. The summed E-state index contributed by atoms with van der Waals surface area (Å²) >= 11 is 0. The standard InChI is InChI=1S/C7H16.C6H14O2/c1-4-5-6-7(2)3;1-5(2)3-6(8)4-7/h7H,4-6H2,1-3H3;5-8H,3-4H2,1-2H3. The Labute approximate surface area is 95.7 Å². The number of hydrogen-bond acceptors (Lipinski definition) is 2. The summed E-state index contributed by atoms with van der Waals surface area (Å²) in [5.41, 5.74) is 0. The second-order valence-electron chi connectivity index (χ2n) is 5.00. The minimum absolute atomic E-state index is 0.113. The van der Waals surface area contributed by atoms with Gasteiger partial charge in [-0.25, -0.2) is 0 Å². The average Bonchev–Trinajstić information content (AvgIpc) is 2.14. The Morgan fingerprint density at radius 1 is 1.00 bits per heavy atom. The molecule has 0 aliphatic carbocycles. The monoisotopic (exact) mass is 218 g/mol. The fourth-order valence-corrected chi connectivity index (χ4v) is 1.23. The van der Waals surface area contributed by atoms with Crippen molar-refractivity contribution in [2.45, 2.75) is 66.4 Å². The second-order valence-corrected chi connectivity index (χ2v) is 5.00. The first-order valence-corrected chi connectivity index (χ1v) is 6.22. The van der Waals surface area contributed by atoms with Crippen molar-refractivity contribution in [1.82, 2.24) is 0 Å². The first-order chi connectivity index (χ1) is 6.93. The molecule has 0 heterocycles.